The molecular formula is C13H16ClN3O3. The molecule has 1 amide bonds. The van der Waals surface area contributed by atoms with Gasteiger partial charge in [0.15, 0.2) is 0 Å². The number of halogens is 1. The molecule has 0 bridgehead atoms. The quantitative estimate of drug-likeness (QED) is 0.852. The zero-order chi connectivity index (χ0) is 14.7. The van der Waals surface area contributed by atoms with Gasteiger partial charge in [0.05, 0.1) is 6.54 Å². The molecule has 0 unspecified atom stereocenters. The molecule has 0 aromatic carbocycles. The number of anilines is 1. The number of hydrogen-bond donors (Lipinski definition) is 1. The normalized spacial score (nSPS) is 14.4. The number of carbonyl (C=O) groups excluding carboxylic acids is 1. The third kappa shape index (κ3) is 3.19. The van der Waals surface area contributed by atoms with Crippen molar-refractivity contribution in [3.63, 3.8) is 0 Å². The van der Waals surface area contributed by atoms with Crippen LogP contribution in [0.15, 0.2) is 12.1 Å². The topological polar surface area (TPSA) is 73.7 Å². The molecule has 1 aliphatic heterocycles. The molecule has 1 aromatic rings. The second-order valence-electron chi connectivity index (χ2n) is 4.75. The van der Waals surface area contributed by atoms with E-state index in [1.165, 1.54) is 17.0 Å². The first-order valence-electron chi connectivity index (χ1n) is 6.38. The van der Waals surface area contributed by atoms with E-state index in [-0.39, 0.29) is 29.0 Å². The summed E-state index contributed by atoms with van der Waals surface area (Å²) in [5, 5.41) is 9.35. The molecule has 0 aliphatic carbocycles. The monoisotopic (exact) mass is 297 g/mol. The molecule has 1 saturated heterocycles. The highest BCUT2D eigenvalue weighted by atomic mass is 35.5. The number of carbonyl (C=O) groups is 2. The van der Waals surface area contributed by atoms with Crippen molar-refractivity contribution in [2.75, 3.05) is 31.6 Å². The fourth-order valence-electron chi connectivity index (χ4n) is 2.23. The lowest BCUT2D eigenvalue weighted by Crippen LogP contribution is -2.38. The summed E-state index contributed by atoms with van der Waals surface area (Å²) in [6.45, 7) is 1.62. The van der Waals surface area contributed by atoms with Crippen LogP contribution in [0.2, 0.25) is 5.15 Å². The van der Waals surface area contributed by atoms with Gasteiger partial charge >= 0.3 is 5.97 Å². The van der Waals surface area contributed by atoms with E-state index in [0.29, 0.717) is 0 Å². The molecule has 1 fully saturated rings. The smallest absolute Gasteiger partial charge is 0.339 e. The number of likely N-dealkylation sites (tertiary alicyclic amines) is 1. The molecule has 0 spiro atoms. The Morgan fingerprint density at radius 3 is 2.65 bits per heavy atom. The molecular weight excluding hydrogens is 282 g/mol. The Morgan fingerprint density at radius 1 is 1.40 bits per heavy atom. The van der Waals surface area contributed by atoms with Crippen molar-refractivity contribution in [1.82, 2.24) is 9.88 Å². The Balaban J connectivity index is 2.15. The van der Waals surface area contributed by atoms with Crippen LogP contribution in [0.5, 0.6) is 0 Å². The van der Waals surface area contributed by atoms with Crippen molar-refractivity contribution < 1.29 is 14.7 Å². The fraction of sp³-hybridized carbons (Fsp3) is 0.462. The van der Waals surface area contributed by atoms with Crippen LogP contribution in [-0.2, 0) is 4.79 Å². The van der Waals surface area contributed by atoms with Crippen LogP contribution in [0.4, 0.5) is 5.82 Å². The zero-order valence-electron chi connectivity index (χ0n) is 11.2. The zero-order valence-corrected chi connectivity index (χ0v) is 11.9. The van der Waals surface area contributed by atoms with Crippen LogP contribution >= 0.6 is 11.6 Å². The molecule has 7 heteroatoms. The van der Waals surface area contributed by atoms with Gasteiger partial charge in [-0.1, -0.05) is 11.6 Å². The van der Waals surface area contributed by atoms with Gasteiger partial charge in [0.2, 0.25) is 5.91 Å². The molecule has 0 saturated carbocycles. The summed E-state index contributed by atoms with van der Waals surface area (Å²) >= 11 is 5.80. The number of likely N-dealkylation sites (N-methyl/N-ethyl adjacent to an activating group) is 1. The van der Waals surface area contributed by atoms with Crippen LogP contribution in [0.3, 0.4) is 0 Å². The van der Waals surface area contributed by atoms with Crippen molar-refractivity contribution in [2.45, 2.75) is 12.8 Å². The van der Waals surface area contributed by atoms with E-state index < -0.39 is 5.97 Å². The van der Waals surface area contributed by atoms with Crippen molar-refractivity contribution in [2.24, 2.45) is 0 Å². The highest BCUT2D eigenvalue weighted by Crippen LogP contribution is 2.20. The Morgan fingerprint density at radius 2 is 2.05 bits per heavy atom. The van der Waals surface area contributed by atoms with Gasteiger partial charge in [-0.3, -0.25) is 4.79 Å². The first-order valence-corrected chi connectivity index (χ1v) is 6.75. The maximum absolute atomic E-state index is 12.1. The minimum Gasteiger partial charge on any atom is -0.478 e. The number of nitrogens with zero attached hydrogens (tertiary/aromatic N) is 3. The van der Waals surface area contributed by atoms with Crippen molar-refractivity contribution in [1.29, 1.82) is 0 Å². The minimum absolute atomic E-state index is 0.0249. The lowest BCUT2D eigenvalue weighted by atomic mass is 10.2. The van der Waals surface area contributed by atoms with E-state index in [2.05, 4.69) is 4.98 Å². The third-order valence-corrected chi connectivity index (χ3v) is 3.47. The molecule has 20 heavy (non-hydrogen) atoms. The second kappa shape index (κ2) is 6.09. The Bertz CT molecular complexity index is 530. The number of rotatable bonds is 4. The fourth-order valence-corrected chi connectivity index (χ4v) is 2.37. The number of aromatic nitrogens is 1. The summed E-state index contributed by atoms with van der Waals surface area (Å²) in [4.78, 5) is 30.6. The molecule has 1 aliphatic rings. The van der Waals surface area contributed by atoms with Gasteiger partial charge in [0.1, 0.15) is 16.5 Å². The summed E-state index contributed by atoms with van der Waals surface area (Å²) in [6.07, 6.45) is 2.04. The van der Waals surface area contributed by atoms with Crippen molar-refractivity contribution in [3.8, 4) is 0 Å². The van der Waals surface area contributed by atoms with Crippen LogP contribution in [-0.4, -0.2) is 53.5 Å². The van der Waals surface area contributed by atoms with Gasteiger partial charge < -0.3 is 14.9 Å². The minimum atomic E-state index is -1.09. The van der Waals surface area contributed by atoms with Crippen LogP contribution in [0, 0.1) is 0 Å². The van der Waals surface area contributed by atoms with Crippen molar-refractivity contribution in [3.05, 3.63) is 22.8 Å². The molecule has 1 aromatic heterocycles. The second-order valence-corrected chi connectivity index (χ2v) is 5.14. The standard InChI is InChI=1S/C13H16ClN3O3/c1-16(8-11(18)17-6-2-3-7-17)12-9(13(19)20)4-5-10(14)15-12/h4-5H,2-3,6-8H2,1H3,(H,19,20). The number of amides is 1. The lowest BCUT2D eigenvalue weighted by molar-refractivity contribution is -0.128. The van der Waals surface area contributed by atoms with E-state index in [1.807, 2.05) is 0 Å². The number of pyridine rings is 1. The highest BCUT2D eigenvalue weighted by molar-refractivity contribution is 6.29. The van der Waals surface area contributed by atoms with Crippen LogP contribution in [0.1, 0.15) is 23.2 Å². The highest BCUT2D eigenvalue weighted by Gasteiger charge is 2.22. The molecule has 108 valence electrons. The van der Waals surface area contributed by atoms with E-state index >= 15 is 0 Å². The molecule has 0 atom stereocenters. The number of aromatic carboxylic acids is 1. The average Bonchev–Trinajstić information content (AvgIpc) is 2.92. The first-order chi connectivity index (χ1) is 9.49. The average molecular weight is 298 g/mol. The molecule has 2 rings (SSSR count). The predicted molar refractivity (Wildman–Crippen MR) is 75.3 cm³/mol. The Kier molecular flexibility index (Phi) is 4.44. The summed E-state index contributed by atoms with van der Waals surface area (Å²) in [5.74, 6) is -0.912. The molecule has 0 radical (unpaired) electrons. The lowest BCUT2D eigenvalue weighted by Gasteiger charge is -2.23. The largest absolute Gasteiger partial charge is 0.478 e. The van der Waals surface area contributed by atoms with Crippen LogP contribution in [0.25, 0.3) is 0 Å². The number of carboxylic acid groups (broad SMARTS) is 1. The maximum atomic E-state index is 12.1. The summed E-state index contributed by atoms with van der Waals surface area (Å²) < 4.78 is 0. The number of carboxylic acids is 1. The predicted octanol–water partition coefficient (Wildman–Crippen LogP) is 1.49. The van der Waals surface area contributed by atoms with Gasteiger partial charge in [-0.05, 0) is 25.0 Å². The number of hydrogen-bond acceptors (Lipinski definition) is 4. The molecule has 6 nitrogen and oxygen atoms in total. The molecule has 1 N–H and O–H groups in total. The first kappa shape index (κ1) is 14.6. The summed E-state index contributed by atoms with van der Waals surface area (Å²) in [7, 11) is 1.64. The van der Waals surface area contributed by atoms with Gasteiger partial charge in [-0.25, -0.2) is 9.78 Å². The van der Waals surface area contributed by atoms with Gasteiger partial charge in [-0.2, -0.15) is 0 Å². The van der Waals surface area contributed by atoms with E-state index in [9.17, 15) is 9.59 Å². The summed E-state index contributed by atoms with van der Waals surface area (Å²) in [5.41, 5.74) is 0.0334. The van der Waals surface area contributed by atoms with Gasteiger partial charge in [0.25, 0.3) is 0 Å². The van der Waals surface area contributed by atoms with Crippen molar-refractivity contribution >= 4 is 29.3 Å². The summed E-state index contributed by atoms with van der Waals surface area (Å²) in [6, 6.07) is 2.81. The Hall–Kier alpha value is -1.82. The van der Waals surface area contributed by atoms with Gasteiger partial charge in [-0.15, -0.1) is 0 Å². The molecule has 2 heterocycles. The maximum Gasteiger partial charge on any atom is 0.339 e. The Labute approximate surface area is 122 Å². The van der Waals surface area contributed by atoms with E-state index in [4.69, 9.17) is 16.7 Å². The third-order valence-electron chi connectivity index (χ3n) is 3.26. The van der Waals surface area contributed by atoms with E-state index in [0.717, 1.165) is 25.9 Å². The SMILES string of the molecule is CN(CC(=O)N1CCCC1)c1nc(Cl)ccc1C(=O)O. The van der Waals surface area contributed by atoms with Gasteiger partial charge in [0, 0.05) is 20.1 Å². The van der Waals surface area contributed by atoms with E-state index in [1.54, 1.807) is 11.9 Å². The van der Waals surface area contributed by atoms with Crippen LogP contribution < -0.4 is 4.90 Å².